The summed E-state index contributed by atoms with van der Waals surface area (Å²) in [6.45, 7) is 0. The summed E-state index contributed by atoms with van der Waals surface area (Å²) in [5.41, 5.74) is 2.72. The lowest BCUT2D eigenvalue weighted by molar-refractivity contribution is 0.373. The monoisotopic (exact) mass is 423 g/mol. The summed E-state index contributed by atoms with van der Waals surface area (Å²) in [6.07, 6.45) is 3.48. The van der Waals surface area contributed by atoms with E-state index in [0.29, 0.717) is 28.5 Å². The van der Waals surface area contributed by atoms with Crippen LogP contribution in [0, 0.1) is 0 Å². The van der Waals surface area contributed by atoms with Gasteiger partial charge < -0.3 is 19.7 Å². The number of phenolic OH excluding ortho intramolecular Hbond substituents is 2. The Morgan fingerprint density at radius 2 is 1.83 bits per heavy atom. The van der Waals surface area contributed by atoms with Crippen molar-refractivity contribution in [3.8, 4) is 34.3 Å². The van der Waals surface area contributed by atoms with Gasteiger partial charge in [-0.25, -0.2) is 9.98 Å². The molecule has 0 unspecified atom stereocenters. The zero-order valence-corrected chi connectivity index (χ0v) is 17.0. The maximum Gasteiger partial charge on any atom is 0.176 e. The molecule has 0 spiro atoms. The minimum Gasteiger partial charge on any atom is -0.504 e. The van der Waals surface area contributed by atoms with Crippen molar-refractivity contribution in [2.24, 2.45) is 4.99 Å². The van der Waals surface area contributed by atoms with Crippen LogP contribution >= 0.6 is 11.6 Å². The van der Waals surface area contributed by atoms with E-state index in [1.807, 2.05) is 28.8 Å². The number of benzene rings is 2. The molecule has 0 radical (unpaired) electrons. The molecule has 0 fully saturated rings. The number of hydrogen-bond donors (Lipinski definition) is 2. The lowest BCUT2D eigenvalue weighted by Gasteiger charge is -2.07. The molecule has 7 nitrogen and oxygen atoms in total. The highest BCUT2D eigenvalue weighted by atomic mass is 35.5. The van der Waals surface area contributed by atoms with E-state index in [1.165, 1.54) is 14.2 Å². The van der Waals surface area contributed by atoms with Crippen molar-refractivity contribution in [2.45, 2.75) is 0 Å². The molecule has 8 heteroatoms. The summed E-state index contributed by atoms with van der Waals surface area (Å²) < 4.78 is 12.2. The van der Waals surface area contributed by atoms with Crippen molar-refractivity contribution < 1.29 is 19.7 Å². The van der Waals surface area contributed by atoms with Gasteiger partial charge in [0.05, 0.1) is 19.2 Å². The predicted octanol–water partition coefficient (Wildman–Crippen LogP) is 4.83. The average Bonchev–Trinajstić information content (AvgIpc) is 3.13. The number of aromatic hydroxyl groups is 2. The fraction of sp³-hybridized carbons (Fsp3) is 0.0909. The first-order valence-corrected chi connectivity index (χ1v) is 9.34. The number of ether oxygens (including phenoxy) is 2. The Kier molecular flexibility index (Phi) is 5.20. The molecule has 2 aromatic heterocycles. The molecule has 2 heterocycles. The van der Waals surface area contributed by atoms with Crippen LogP contribution in [-0.2, 0) is 0 Å². The van der Waals surface area contributed by atoms with Crippen molar-refractivity contribution in [3.05, 3.63) is 65.3 Å². The fourth-order valence-corrected chi connectivity index (χ4v) is 3.30. The lowest BCUT2D eigenvalue weighted by atomic mass is 10.1. The summed E-state index contributed by atoms with van der Waals surface area (Å²) >= 11 is 6.08. The number of aromatic nitrogens is 2. The number of halogens is 1. The molecular weight excluding hydrogens is 406 g/mol. The molecule has 0 aliphatic carbocycles. The molecule has 4 aromatic rings. The number of methoxy groups -OCH3 is 2. The van der Waals surface area contributed by atoms with Gasteiger partial charge >= 0.3 is 0 Å². The fourth-order valence-electron chi connectivity index (χ4n) is 3.08. The van der Waals surface area contributed by atoms with E-state index >= 15 is 0 Å². The van der Waals surface area contributed by atoms with E-state index in [4.69, 9.17) is 21.1 Å². The quantitative estimate of drug-likeness (QED) is 0.449. The Labute approximate surface area is 177 Å². The highest BCUT2D eigenvalue weighted by Gasteiger charge is 2.15. The third-order valence-electron chi connectivity index (χ3n) is 4.56. The second-order valence-electron chi connectivity index (χ2n) is 6.41. The predicted molar refractivity (Wildman–Crippen MR) is 116 cm³/mol. The molecule has 0 aliphatic rings. The SMILES string of the molecule is COc1cc(-c2nc3ccccn3c2/N=C/c2cc(Cl)c(O)c(OC)c2)ccc1O. The minimum absolute atomic E-state index is 0.0425. The van der Waals surface area contributed by atoms with Gasteiger partial charge in [-0.05, 0) is 48.0 Å². The standard InChI is InChI=1S/C22H18ClN3O4/c1-29-17-11-14(6-7-16(17)27)20-22(26-8-4-3-5-19(26)25-20)24-12-13-9-15(23)21(28)18(10-13)30-2/h3-12,27-28H,1-2H3/b24-12+. The van der Waals surface area contributed by atoms with Crippen LogP contribution in [0.3, 0.4) is 0 Å². The van der Waals surface area contributed by atoms with Gasteiger partial charge in [0, 0.05) is 18.0 Å². The topological polar surface area (TPSA) is 88.6 Å². The maximum atomic E-state index is 9.93. The number of nitrogens with zero attached hydrogens (tertiary/aromatic N) is 3. The molecule has 0 bridgehead atoms. The zero-order valence-electron chi connectivity index (χ0n) is 16.2. The van der Waals surface area contributed by atoms with Gasteiger partial charge in [-0.3, -0.25) is 4.40 Å². The third-order valence-corrected chi connectivity index (χ3v) is 4.85. The molecule has 0 aliphatic heterocycles. The van der Waals surface area contributed by atoms with Crippen LogP contribution in [0.4, 0.5) is 5.82 Å². The second-order valence-corrected chi connectivity index (χ2v) is 6.82. The number of rotatable bonds is 5. The Bertz CT molecular complexity index is 1270. The molecule has 0 saturated carbocycles. The van der Waals surface area contributed by atoms with Gasteiger partial charge in [0.2, 0.25) is 0 Å². The van der Waals surface area contributed by atoms with E-state index in [2.05, 4.69) is 9.98 Å². The van der Waals surface area contributed by atoms with Crippen LogP contribution in [0.1, 0.15) is 5.56 Å². The van der Waals surface area contributed by atoms with Gasteiger partial charge in [-0.1, -0.05) is 17.7 Å². The van der Waals surface area contributed by atoms with E-state index in [1.54, 1.807) is 36.5 Å². The van der Waals surface area contributed by atoms with Crippen molar-refractivity contribution in [1.82, 2.24) is 9.38 Å². The normalized spacial score (nSPS) is 11.3. The maximum absolute atomic E-state index is 9.93. The molecule has 2 N–H and O–H groups in total. The number of aliphatic imine (C=N–C) groups is 1. The van der Waals surface area contributed by atoms with Gasteiger partial charge in [0.25, 0.3) is 0 Å². The van der Waals surface area contributed by atoms with Gasteiger partial charge in [0.1, 0.15) is 11.3 Å². The first-order valence-electron chi connectivity index (χ1n) is 8.97. The zero-order chi connectivity index (χ0) is 21.3. The van der Waals surface area contributed by atoms with Crippen molar-refractivity contribution in [2.75, 3.05) is 14.2 Å². The lowest BCUT2D eigenvalue weighted by Crippen LogP contribution is -1.89. The molecular formula is C22H18ClN3O4. The van der Waals surface area contributed by atoms with Crippen LogP contribution in [0.2, 0.25) is 5.02 Å². The van der Waals surface area contributed by atoms with Crippen LogP contribution < -0.4 is 9.47 Å². The Morgan fingerprint density at radius 3 is 2.60 bits per heavy atom. The number of pyridine rings is 1. The number of fused-ring (bicyclic) bond motifs is 1. The van der Waals surface area contributed by atoms with Gasteiger partial charge in [-0.15, -0.1) is 0 Å². The summed E-state index contributed by atoms with van der Waals surface area (Å²) in [5.74, 6) is 1.10. The summed E-state index contributed by atoms with van der Waals surface area (Å²) in [5, 5.41) is 20.0. The van der Waals surface area contributed by atoms with Crippen molar-refractivity contribution in [1.29, 1.82) is 0 Å². The summed E-state index contributed by atoms with van der Waals surface area (Å²) in [7, 11) is 2.94. The van der Waals surface area contributed by atoms with E-state index in [0.717, 1.165) is 5.56 Å². The minimum atomic E-state index is -0.122. The third kappa shape index (κ3) is 3.51. The number of imidazole rings is 1. The number of hydrogen-bond acceptors (Lipinski definition) is 6. The van der Waals surface area contributed by atoms with Gasteiger partial charge in [-0.2, -0.15) is 0 Å². The Balaban J connectivity index is 1.86. The van der Waals surface area contributed by atoms with Crippen LogP contribution in [-0.4, -0.2) is 40.0 Å². The van der Waals surface area contributed by atoms with Crippen molar-refractivity contribution in [3.63, 3.8) is 0 Å². The van der Waals surface area contributed by atoms with Crippen LogP contribution in [0.25, 0.3) is 16.9 Å². The first kappa shape index (κ1) is 19.6. The second kappa shape index (κ2) is 7.96. The molecule has 4 rings (SSSR count). The molecule has 152 valence electrons. The first-order chi connectivity index (χ1) is 14.5. The van der Waals surface area contributed by atoms with E-state index < -0.39 is 0 Å². The van der Waals surface area contributed by atoms with Crippen LogP contribution in [0.5, 0.6) is 23.0 Å². The van der Waals surface area contributed by atoms with Crippen molar-refractivity contribution >= 4 is 29.3 Å². The molecule has 0 amide bonds. The van der Waals surface area contributed by atoms with E-state index in [9.17, 15) is 10.2 Å². The molecule has 0 atom stereocenters. The van der Waals surface area contributed by atoms with Gasteiger partial charge in [0.15, 0.2) is 28.8 Å². The number of phenols is 2. The smallest absolute Gasteiger partial charge is 0.176 e. The largest absolute Gasteiger partial charge is 0.504 e. The van der Waals surface area contributed by atoms with Crippen LogP contribution in [0.15, 0.2) is 59.7 Å². The Morgan fingerprint density at radius 1 is 1.03 bits per heavy atom. The van der Waals surface area contributed by atoms with E-state index in [-0.39, 0.29) is 22.3 Å². The highest BCUT2D eigenvalue weighted by Crippen LogP contribution is 2.37. The average molecular weight is 424 g/mol. The Hall–Kier alpha value is -3.71. The molecule has 0 saturated heterocycles. The molecule has 2 aromatic carbocycles. The highest BCUT2D eigenvalue weighted by molar-refractivity contribution is 6.32. The summed E-state index contributed by atoms with van der Waals surface area (Å²) in [4.78, 5) is 9.33. The molecule has 30 heavy (non-hydrogen) atoms. The summed E-state index contributed by atoms with van der Waals surface area (Å²) in [6, 6.07) is 13.9.